The van der Waals surface area contributed by atoms with Crippen LogP contribution in [0, 0.1) is 13.8 Å². The van der Waals surface area contributed by atoms with Gasteiger partial charge in [0.1, 0.15) is 17.5 Å². The molecular formula is C9H16N4O. The van der Waals surface area contributed by atoms with E-state index in [1.165, 1.54) is 0 Å². The van der Waals surface area contributed by atoms with Crippen LogP contribution < -0.4 is 11.1 Å². The Morgan fingerprint density at radius 1 is 1.36 bits per heavy atom. The van der Waals surface area contributed by atoms with Crippen LogP contribution in [0.2, 0.25) is 0 Å². The number of nitrogens with one attached hydrogen (secondary N) is 1. The number of methoxy groups -OCH3 is 1. The van der Waals surface area contributed by atoms with Gasteiger partial charge in [-0.05, 0) is 13.8 Å². The summed E-state index contributed by atoms with van der Waals surface area (Å²) in [5, 5.41) is 3.14. The highest BCUT2D eigenvalue weighted by Gasteiger charge is 2.05. The molecule has 0 amide bonds. The van der Waals surface area contributed by atoms with Crippen molar-refractivity contribution in [2.75, 3.05) is 31.3 Å². The Labute approximate surface area is 83.7 Å². The first-order chi connectivity index (χ1) is 6.65. The normalized spacial score (nSPS) is 10.2. The first kappa shape index (κ1) is 10.7. The number of ether oxygens (including phenoxy) is 1. The average Bonchev–Trinajstić information content (AvgIpc) is 2.13. The number of aryl methyl sites for hydroxylation is 1. The summed E-state index contributed by atoms with van der Waals surface area (Å²) >= 11 is 0. The van der Waals surface area contributed by atoms with Crippen molar-refractivity contribution in [1.82, 2.24) is 9.97 Å². The molecule has 0 saturated heterocycles. The second kappa shape index (κ2) is 4.76. The maximum Gasteiger partial charge on any atom is 0.134 e. The summed E-state index contributed by atoms with van der Waals surface area (Å²) in [6.45, 7) is 5.07. The van der Waals surface area contributed by atoms with Crippen LogP contribution in [0.25, 0.3) is 0 Å². The quantitative estimate of drug-likeness (QED) is 0.695. The molecule has 1 aromatic rings. The first-order valence-electron chi connectivity index (χ1n) is 4.48. The maximum absolute atomic E-state index is 5.70. The van der Waals surface area contributed by atoms with E-state index < -0.39 is 0 Å². The van der Waals surface area contributed by atoms with Crippen LogP contribution in [0.15, 0.2) is 0 Å². The van der Waals surface area contributed by atoms with E-state index in [0.29, 0.717) is 24.8 Å². The molecule has 14 heavy (non-hydrogen) atoms. The van der Waals surface area contributed by atoms with Crippen molar-refractivity contribution >= 4 is 11.6 Å². The summed E-state index contributed by atoms with van der Waals surface area (Å²) in [5.41, 5.74) is 6.58. The second-order valence-electron chi connectivity index (χ2n) is 3.05. The fourth-order valence-electron chi connectivity index (χ4n) is 1.09. The van der Waals surface area contributed by atoms with Gasteiger partial charge >= 0.3 is 0 Å². The zero-order valence-electron chi connectivity index (χ0n) is 8.79. The summed E-state index contributed by atoms with van der Waals surface area (Å²) in [6.07, 6.45) is 0. The Balaban J connectivity index is 2.75. The van der Waals surface area contributed by atoms with Gasteiger partial charge in [0.15, 0.2) is 0 Å². The van der Waals surface area contributed by atoms with Gasteiger partial charge in [-0.3, -0.25) is 0 Å². The molecule has 3 N–H and O–H groups in total. The molecule has 1 rings (SSSR count). The lowest BCUT2D eigenvalue weighted by molar-refractivity contribution is 0.210. The van der Waals surface area contributed by atoms with Crippen LogP contribution in [0.3, 0.4) is 0 Å². The predicted molar refractivity (Wildman–Crippen MR) is 56.3 cm³/mol. The number of nitrogens with two attached hydrogens (primary N) is 1. The molecule has 1 heterocycles. The third-order valence-corrected chi connectivity index (χ3v) is 1.89. The van der Waals surface area contributed by atoms with Gasteiger partial charge in [0, 0.05) is 19.2 Å². The third-order valence-electron chi connectivity index (χ3n) is 1.89. The smallest absolute Gasteiger partial charge is 0.134 e. The van der Waals surface area contributed by atoms with Gasteiger partial charge in [0.25, 0.3) is 0 Å². The topological polar surface area (TPSA) is 73.1 Å². The minimum absolute atomic E-state index is 0.525. The molecule has 0 atom stereocenters. The molecule has 0 aromatic carbocycles. The number of nitrogens with zero attached hydrogens (tertiary/aromatic N) is 2. The van der Waals surface area contributed by atoms with Gasteiger partial charge in [0.2, 0.25) is 0 Å². The van der Waals surface area contributed by atoms with Gasteiger partial charge in [0.05, 0.1) is 6.61 Å². The maximum atomic E-state index is 5.70. The van der Waals surface area contributed by atoms with E-state index in [1.807, 2.05) is 13.8 Å². The summed E-state index contributed by atoms with van der Waals surface area (Å²) < 4.78 is 4.93. The Bertz CT molecular complexity index is 314. The number of hydrogen-bond acceptors (Lipinski definition) is 5. The van der Waals surface area contributed by atoms with E-state index in [-0.39, 0.29) is 0 Å². The summed E-state index contributed by atoms with van der Waals surface area (Å²) in [6, 6.07) is 0. The Morgan fingerprint density at radius 2 is 2.07 bits per heavy atom. The van der Waals surface area contributed by atoms with Gasteiger partial charge < -0.3 is 15.8 Å². The lowest BCUT2D eigenvalue weighted by atomic mass is 10.3. The van der Waals surface area contributed by atoms with Crippen LogP contribution in [-0.2, 0) is 4.74 Å². The van der Waals surface area contributed by atoms with E-state index in [4.69, 9.17) is 10.5 Å². The molecule has 78 valence electrons. The SMILES string of the molecule is COCCNc1nc(C)nc(N)c1C. The number of nitrogen functional groups attached to an aromatic ring is 1. The third kappa shape index (κ3) is 2.56. The summed E-state index contributed by atoms with van der Waals surface area (Å²) in [7, 11) is 1.66. The Kier molecular flexibility index (Phi) is 3.64. The molecule has 0 bridgehead atoms. The largest absolute Gasteiger partial charge is 0.383 e. The summed E-state index contributed by atoms with van der Waals surface area (Å²) in [4.78, 5) is 8.31. The standard InChI is InChI=1S/C9H16N4O/c1-6-8(10)12-7(2)13-9(6)11-4-5-14-3/h4-5H2,1-3H3,(H3,10,11,12,13). The number of hydrogen-bond donors (Lipinski definition) is 2. The highest BCUT2D eigenvalue weighted by atomic mass is 16.5. The molecule has 0 radical (unpaired) electrons. The molecule has 0 unspecified atom stereocenters. The lowest BCUT2D eigenvalue weighted by Crippen LogP contribution is -2.12. The van der Waals surface area contributed by atoms with Crippen molar-refractivity contribution in [2.24, 2.45) is 0 Å². The van der Waals surface area contributed by atoms with Crippen LogP contribution in [0.5, 0.6) is 0 Å². The minimum Gasteiger partial charge on any atom is -0.383 e. The van der Waals surface area contributed by atoms with Crippen LogP contribution in [-0.4, -0.2) is 30.2 Å². The van der Waals surface area contributed by atoms with Crippen LogP contribution >= 0.6 is 0 Å². The van der Waals surface area contributed by atoms with Crippen molar-refractivity contribution < 1.29 is 4.74 Å². The van der Waals surface area contributed by atoms with E-state index in [1.54, 1.807) is 7.11 Å². The Morgan fingerprint density at radius 3 is 2.71 bits per heavy atom. The molecular weight excluding hydrogens is 180 g/mol. The monoisotopic (exact) mass is 196 g/mol. The molecule has 1 aromatic heterocycles. The van der Waals surface area contributed by atoms with Crippen molar-refractivity contribution in [3.63, 3.8) is 0 Å². The van der Waals surface area contributed by atoms with Crippen molar-refractivity contribution in [1.29, 1.82) is 0 Å². The molecule has 0 aliphatic heterocycles. The van der Waals surface area contributed by atoms with E-state index in [2.05, 4.69) is 15.3 Å². The second-order valence-corrected chi connectivity index (χ2v) is 3.05. The molecule has 0 spiro atoms. The van der Waals surface area contributed by atoms with Gasteiger partial charge in [-0.1, -0.05) is 0 Å². The van der Waals surface area contributed by atoms with Gasteiger partial charge in [-0.25, -0.2) is 9.97 Å². The lowest BCUT2D eigenvalue weighted by Gasteiger charge is -2.09. The summed E-state index contributed by atoms with van der Waals surface area (Å²) in [5.74, 6) is 1.98. The molecule has 0 aliphatic rings. The zero-order chi connectivity index (χ0) is 10.6. The molecule has 5 nitrogen and oxygen atoms in total. The fourth-order valence-corrected chi connectivity index (χ4v) is 1.09. The van der Waals surface area contributed by atoms with Crippen molar-refractivity contribution in [2.45, 2.75) is 13.8 Å². The van der Waals surface area contributed by atoms with E-state index in [9.17, 15) is 0 Å². The highest BCUT2D eigenvalue weighted by molar-refractivity contribution is 5.54. The number of anilines is 2. The van der Waals surface area contributed by atoms with Gasteiger partial charge in [-0.2, -0.15) is 0 Å². The molecule has 0 aliphatic carbocycles. The van der Waals surface area contributed by atoms with E-state index in [0.717, 1.165) is 11.4 Å². The highest BCUT2D eigenvalue weighted by Crippen LogP contribution is 2.16. The van der Waals surface area contributed by atoms with Crippen molar-refractivity contribution in [3.05, 3.63) is 11.4 Å². The molecule has 0 saturated carbocycles. The Hall–Kier alpha value is -1.36. The predicted octanol–water partition coefficient (Wildman–Crippen LogP) is 0.734. The van der Waals surface area contributed by atoms with Crippen molar-refractivity contribution in [3.8, 4) is 0 Å². The number of aromatic nitrogens is 2. The number of rotatable bonds is 4. The minimum atomic E-state index is 0.525. The fraction of sp³-hybridized carbons (Fsp3) is 0.556. The van der Waals surface area contributed by atoms with E-state index >= 15 is 0 Å². The first-order valence-corrected chi connectivity index (χ1v) is 4.48. The van der Waals surface area contributed by atoms with Crippen LogP contribution in [0.1, 0.15) is 11.4 Å². The molecule has 5 heteroatoms. The molecule has 0 fully saturated rings. The van der Waals surface area contributed by atoms with Crippen LogP contribution in [0.4, 0.5) is 11.6 Å². The zero-order valence-corrected chi connectivity index (χ0v) is 8.79. The van der Waals surface area contributed by atoms with Gasteiger partial charge in [-0.15, -0.1) is 0 Å². The average molecular weight is 196 g/mol.